The third-order valence-corrected chi connectivity index (χ3v) is 1.14. The predicted octanol–water partition coefficient (Wildman–Crippen LogP) is 2.29. The van der Waals surface area contributed by atoms with Gasteiger partial charge in [0.25, 0.3) is 0 Å². The van der Waals surface area contributed by atoms with E-state index in [2.05, 4.69) is 6.92 Å². The first kappa shape index (κ1) is 7.12. The summed E-state index contributed by atoms with van der Waals surface area (Å²) in [6.07, 6.45) is 0. The van der Waals surface area contributed by atoms with Crippen molar-refractivity contribution in [3.05, 3.63) is 42.1 Å². The molecule has 0 unspecified atom stereocenters. The van der Waals surface area contributed by atoms with Gasteiger partial charge in [0.05, 0.1) is 0 Å². The zero-order chi connectivity index (χ0) is 7.72. The minimum atomic E-state index is -1.22. The smallest absolute Gasteiger partial charge is 0.164 e. The lowest BCUT2D eigenvalue weighted by Gasteiger charge is -1.96. The maximum absolute atomic E-state index is 12.3. The Bertz CT molecular complexity index is 228. The largest absolute Gasteiger partial charge is 0.207 e. The van der Waals surface area contributed by atoms with Crippen molar-refractivity contribution < 1.29 is 13.2 Å². The molecule has 0 N–H and O–H groups in total. The Morgan fingerprint density at radius 3 is 2.00 bits per heavy atom. The van der Waals surface area contributed by atoms with Gasteiger partial charge in [-0.25, -0.2) is 13.2 Å². The fraction of sp³-hybridized carbons (Fsp3) is 0. The van der Waals surface area contributed by atoms with Gasteiger partial charge < -0.3 is 0 Å². The number of hydrogen-bond donors (Lipinski definition) is 0. The van der Waals surface area contributed by atoms with Crippen molar-refractivity contribution in [3.63, 3.8) is 0 Å². The number of benzene rings is 1. The number of halogens is 3. The van der Waals surface area contributed by atoms with Crippen LogP contribution in [0, 0.1) is 24.4 Å². The molecular weight excluding hydrogens is 141 g/mol. The summed E-state index contributed by atoms with van der Waals surface area (Å²) in [5.74, 6) is -3.13. The van der Waals surface area contributed by atoms with E-state index < -0.39 is 23.0 Å². The molecule has 0 bridgehead atoms. The van der Waals surface area contributed by atoms with Gasteiger partial charge in [0, 0.05) is 5.56 Å². The molecule has 0 amide bonds. The minimum absolute atomic E-state index is 0.528. The topological polar surface area (TPSA) is 0 Å². The molecule has 1 radical (unpaired) electrons. The van der Waals surface area contributed by atoms with Gasteiger partial charge in [0.15, 0.2) is 11.6 Å². The lowest BCUT2D eigenvalue weighted by Crippen LogP contribution is -1.91. The van der Waals surface area contributed by atoms with Crippen LogP contribution in [0.25, 0.3) is 0 Å². The van der Waals surface area contributed by atoms with Crippen LogP contribution in [0.2, 0.25) is 0 Å². The second-order valence-electron chi connectivity index (χ2n) is 1.82. The second-order valence-corrected chi connectivity index (χ2v) is 1.82. The molecule has 3 heteroatoms. The summed E-state index contributed by atoms with van der Waals surface area (Å²) in [6, 6.07) is 1.56. The molecule has 53 valence electrons. The summed E-state index contributed by atoms with van der Waals surface area (Å²) in [5.41, 5.74) is -0.528. The van der Waals surface area contributed by atoms with Crippen molar-refractivity contribution in [3.8, 4) is 0 Å². The van der Waals surface area contributed by atoms with E-state index in [1.165, 1.54) is 0 Å². The lowest BCUT2D eigenvalue weighted by molar-refractivity contribution is 0.490. The van der Waals surface area contributed by atoms with E-state index in [9.17, 15) is 13.2 Å². The summed E-state index contributed by atoms with van der Waals surface area (Å²) in [6.45, 7) is 2.99. The van der Waals surface area contributed by atoms with Gasteiger partial charge in [-0.1, -0.05) is 0 Å². The molecule has 0 atom stereocenters. The molecule has 10 heavy (non-hydrogen) atoms. The molecule has 0 aliphatic heterocycles. The van der Waals surface area contributed by atoms with Crippen LogP contribution in [-0.2, 0) is 0 Å². The van der Waals surface area contributed by atoms with Crippen molar-refractivity contribution in [2.24, 2.45) is 0 Å². The van der Waals surface area contributed by atoms with Crippen LogP contribution in [0.15, 0.2) is 12.1 Å². The van der Waals surface area contributed by atoms with Gasteiger partial charge in [-0.3, -0.25) is 0 Å². The Hall–Kier alpha value is -0.990. The van der Waals surface area contributed by atoms with Gasteiger partial charge in [-0.15, -0.1) is 0 Å². The van der Waals surface area contributed by atoms with Gasteiger partial charge in [-0.2, -0.15) is 0 Å². The Morgan fingerprint density at radius 1 is 1.00 bits per heavy atom. The third-order valence-electron chi connectivity index (χ3n) is 1.14. The summed E-state index contributed by atoms with van der Waals surface area (Å²) < 4.78 is 36.8. The van der Waals surface area contributed by atoms with Crippen molar-refractivity contribution >= 4 is 0 Å². The first-order chi connectivity index (χ1) is 4.63. The van der Waals surface area contributed by atoms with Crippen molar-refractivity contribution in [2.75, 3.05) is 0 Å². The average Bonchev–Trinajstić information content (AvgIpc) is 1.93. The molecule has 0 aromatic heterocycles. The standard InChI is InChI=1S/C7H4F3/c1-4-5(8)2-3-6(9)7(4)10/h2-3H,1H2. The highest BCUT2D eigenvalue weighted by Crippen LogP contribution is 2.13. The van der Waals surface area contributed by atoms with E-state index in [1.807, 2.05) is 0 Å². The van der Waals surface area contributed by atoms with Crippen molar-refractivity contribution in [1.82, 2.24) is 0 Å². The normalized spacial score (nSPS) is 10.0. The highest BCUT2D eigenvalue weighted by molar-refractivity contribution is 5.23. The molecule has 0 spiro atoms. The van der Waals surface area contributed by atoms with Crippen LogP contribution in [0.5, 0.6) is 0 Å². The summed E-state index contributed by atoms with van der Waals surface area (Å²) in [5, 5.41) is 0. The summed E-state index contributed by atoms with van der Waals surface area (Å²) in [7, 11) is 0. The lowest BCUT2D eigenvalue weighted by atomic mass is 10.2. The van der Waals surface area contributed by atoms with Gasteiger partial charge in [0.1, 0.15) is 5.82 Å². The van der Waals surface area contributed by atoms with Crippen LogP contribution in [0.4, 0.5) is 13.2 Å². The number of hydrogen-bond acceptors (Lipinski definition) is 0. The third kappa shape index (κ3) is 0.988. The monoisotopic (exact) mass is 145 g/mol. The predicted molar refractivity (Wildman–Crippen MR) is 30.8 cm³/mol. The Balaban J connectivity index is 3.34. The minimum Gasteiger partial charge on any atom is -0.207 e. The zero-order valence-corrected chi connectivity index (χ0v) is 5.00. The van der Waals surface area contributed by atoms with Gasteiger partial charge >= 0.3 is 0 Å². The molecule has 1 rings (SSSR count). The Morgan fingerprint density at radius 2 is 1.50 bits per heavy atom. The molecule has 1 aromatic carbocycles. The molecular formula is C7H4F3. The number of rotatable bonds is 0. The summed E-state index contributed by atoms with van der Waals surface area (Å²) in [4.78, 5) is 0. The fourth-order valence-electron chi connectivity index (χ4n) is 0.569. The fourth-order valence-corrected chi connectivity index (χ4v) is 0.569. The first-order valence-corrected chi connectivity index (χ1v) is 2.58. The Labute approximate surface area is 56.3 Å². The molecule has 0 aliphatic rings. The molecule has 0 fully saturated rings. The second kappa shape index (κ2) is 2.33. The van der Waals surface area contributed by atoms with E-state index in [-0.39, 0.29) is 0 Å². The average molecular weight is 145 g/mol. The molecule has 0 nitrogen and oxygen atoms in total. The molecule has 0 heterocycles. The van der Waals surface area contributed by atoms with E-state index in [0.29, 0.717) is 0 Å². The highest BCUT2D eigenvalue weighted by Gasteiger charge is 2.07. The SMILES string of the molecule is [CH2]c1c(F)ccc(F)c1F. The maximum atomic E-state index is 12.3. The van der Waals surface area contributed by atoms with Crippen LogP contribution in [0.3, 0.4) is 0 Å². The molecule has 1 aromatic rings. The van der Waals surface area contributed by atoms with Gasteiger partial charge in [0.2, 0.25) is 0 Å². The van der Waals surface area contributed by atoms with Crippen LogP contribution in [-0.4, -0.2) is 0 Å². The molecule has 0 aliphatic carbocycles. The first-order valence-electron chi connectivity index (χ1n) is 2.58. The maximum Gasteiger partial charge on any atom is 0.164 e. The Kier molecular flexibility index (Phi) is 1.66. The van der Waals surface area contributed by atoms with Crippen LogP contribution >= 0.6 is 0 Å². The summed E-state index contributed by atoms with van der Waals surface area (Å²) >= 11 is 0. The highest BCUT2D eigenvalue weighted by atomic mass is 19.2. The molecule has 0 saturated heterocycles. The quantitative estimate of drug-likeness (QED) is 0.491. The zero-order valence-electron chi connectivity index (χ0n) is 5.00. The van der Waals surface area contributed by atoms with E-state index in [4.69, 9.17) is 0 Å². The van der Waals surface area contributed by atoms with Gasteiger partial charge in [-0.05, 0) is 19.1 Å². The van der Waals surface area contributed by atoms with Crippen LogP contribution in [0.1, 0.15) is 5.56 Å². The van der Waals surface area contributed by atoms with Crippen LogP contribution < -0.4 is 0 Å². The van der Waals surface area contributed by atoms with E-state index >= 15 is 0 Å². The van der Waals surface area contributed by atoms with Crippen molar-refractivity contribution in [2.45, 2.75) is 0 Å². The molecule has 0 saturated carbocycles. The van der Waals surface area contributed by atoms with Crippen molar-refractivity contribution in [1.29, 1.82) is 0 Å². The van der Waals surface area contributed by atoms with E-state index in [1.54, 1.807) is 0 Å². The van der Waals surface area contributed by atoms with E-state index in [0.717, 1.165) is 12.1 Å².